The van der Waals surface area contributed by atoms with Crippen LogP contribution in [0.4, 0.5) is 0 Å². The molecule has 2 nitrogen and oxygen atoms in total. The molecule has 92 valence electrons. The molecule has 0 saturated heterocycles. The Balaban J connectivity index is 2.10. The van der Waals surface area contributed by atoms with E-state index in [4.69, 9.17) is 0 Å². The zero-order chi connectivity index (χ0) is 12.5. The second kappa shape index (κ2) is 4.58. The van der Waals surface area contributed by atoms with Gasteiger partial charge in [-0.15, -0.1) is 0 Å². The van der Waals surface area contributed by atoms with E-state index in [2.05, 4.69) is 42.5 Å². The normalized spacial score (nSPS) is 17.5. The average molecular weight is 258 g/mol. The number of allylic oxidation sites excluding steroid dienone is 1. The first kappa shape index (κ1) is 11.5. The van der Waals surface area contributed by atoms with Gasteiger partial charge >= 0.3 is 0 Å². The van der Waals surface area contributed by atoms with E-state index in [1.54, 1.807) is 0 Å². The van der Waals surface area contributed by atoms with Crippen LogP contribution in [-0.2, 0) is 10.7 Å². The van der Waals surface area contributed by atoms with E-state index in [1.807, 2.05) is 6.07 Å². The van der Waals surface area contributed by atoms with E-state index in [0.717, 1.165) is 0 Å². The molecular formula is C15H14O2S. The van der Waals surface area contributed by atoms with Gasteiger partial charge in [-0.05, 0) is 28.3 Å². The lowest BCUT2D eigenvalue weighted by molar-refractivity contribution is 0.610. The first-order valence-corrected chi connectivity index (χ1v) is 7.43. The maximum atomic E-state index is 10.7. The minimum Gasteiger partial charge on any atom is -0.232 e. The molecule has 0 radical (unpaired) electrons. The van der Waals surface area contributed by atoms with Crippen molar-refractivity contribution >= 4 is 27.6 Å². The van der Waals surface area contributed by atoms with Crippen molar-refractivity contribution in [3.63, 3.8) is 0 Å². The van der Waals surface area contributed by atoms with Gasteiger partial charge in [0.05, 0.1) is 0 Å². The van der Waals surface area contributed by atoms with Crippen molar-refractivity contribution in [3.05, 3.63) is 53.6 Å². The molecule has 0 bridgehead atoms. The summed E-state index contributed by atoms with van der Waals surface area (Å²) in [6.07, 6.45) is 4.90. The zero-order valence-corrected chi connectivity index (χ0v) is 10.8. The minimum absolute atomic E-state index is 0.219. The first-order valence-electron chi connectivity index (χ1n) is 6.07. The highest BCUT2D eigenvalue weighted by molar-refractivity contribution is 7.72. The molecule has 0 aromatic heterocycles. The lowest BCUT2D eigenvalue weighted by atomic mass is 9.85. The highest BCUT2D eigenvalue weighted by Gasteiger charge is 2.17. The molecule has 0 amide bonds. The number of rotatable bonds is 3. The Morgan fingerprint density at radius 1 is 1.06 bits per heavy atom. The van der Waals surface area contributed by atoms with Crippen LogP contribution in [0.1, 0.15) is 23.5 Å². The van der Waals surface area contributed by atoms with Crippen LogP contribution in [0.25, 0.3) is 16.8 Å². The molecule has 1 unspecified atom stereocenters. The number of hydrogen-bond acceptors (Lipinski definition) is 2. The number of benzene rings is 2. The second-order valence-electron chi connectivity index (χ2n) is 4.60. The van der Waals surface area contributed by atoms with Crippen molar-refractivity contribution in [1.82, 2.24) is 0 Å². The Labute approximate surface area is 108 Å². The molecule has 0 N–H and O–H groups in total. The minimum atomic E-state index is -2.29. The van der Waals surface area contributed by atoms with Gasteiger partial charge in [-0.2, -0.15) is 0 Å². The highest BCUT2D eigenvalue weighted by atomic mass is 32.2. The highest BCUT2D eigenvalue weighted by Crippen LogP contribution is 2.36. The molecule has 1 atom stereocenters. The maximum Gasteiger partial charge on any atom is 0.140 e. The molecule has 3 rings (SSSR count). The predicted molar refractivity (Wildman–Crippen MR) is 75.5 cm³/mol. The molecule has 0 aliphatic heterocycles. The zero-order valence-electron chi connectivity index (χ0n) is 9.87. The lowest BCUT2D eigenvalue weighted by Crippen LogP contribution is -2.04. The molecular weight excluding hydrogens is 244 g/mol. The van der Waals surface area contributed by atoms with Crippen molar-refractivity contribution in [3.8, 4) is 0 Å². The van der Waals surface area contributed by atoms with Crippen molar-refractivity contribution < 1.29 is 8.42 Å². The van der Waals surface area contributed by atoms with E-state index in [-0.39, 0.29) is 11.7 Å². The maximum absolute atomic E-state index is 10.7. The summed E-state index contributed by atoms with van der Waals surface area (Å²) >= 11 is 0. The van der Waals surface area contributed by atoms with Gasteiger partial charge in [0.2, 0.25) is 0 Å². The third-order valence-electron chi connectivity index (χ3n) is 3.50. The molecule has 0 saturated carbocycles. The summed E-state index contributed by atoms with van der Waals surface area (Å²) in [5.41, 5.74) is 2.48. The van der Waals surface area contributed by atoms with Crippen LogP contribution in [0.3, 0.4) is 0 Å². The summed E-state index contributed by atoms with van der Waals surface area (Å²) in [5.74, 6) is 0.472. The van der Waals surface area contributed by atoms with Crippen molar-refractivity contribution in [2.45, 2.75) is 12.3 Å². The molecule has 0 heterocycles. The molecule has 0 spiro atoms. The van der Waals surface area contributed by atoms with Crippen LogP contribution in [0.2, 0.25) is 0 Å². The largest absolute Gasteiger partial charge is 0.232 e. The Kier molecular flexibility index (Phi) is 2.92. The van der Waals surface area contributed by atoms with Crippen molar-refractivity contribution in [1.29, 1.82) is 0 Å². The Bertz CT molecular complexity index is 685. The third-order valence-corrected chi connectivity index (χ3v) is 4.12. The average Bonchev–Trinajstić information content (AvgIpc) is 2.38. The van der Waals surface area contributed by atoms with Gasteiger partial charge in [0.25, 0.3) is 0 Å². The summed E-state index contributed by atoms with van der Waals surface area (Å²) in [6.45, 7) is 0. The molecule has 0 fully saturated rings. The SMILES string of the molecule is O=[SH](=O)CCC1C=Cc2cccc3cccc1c23. The summed E-state index contributed by atoms with van der Waals surface area (Å²) in [5, 5.41) is 2.50. The molecule has 1 aliphatic rings. The molecule has 1 aliphatic carbocycles. The van der Waals surface area contributed by atoms with Gasteiger partial charge in [0.1, 0.15) is 10.7 Å². The second-order valence-corrected chi connectivity index (χ2v) is 5.72. The molecule has 2 aromatic rings. The Morgan fingerprint density at radius 2 is 1.83 bits per heavy atom. The van der Waals surface area contributed by atoms with Crippen molar-refractivity contribution in [2.75, 3.05) is 5.75 Å². The molecule has 2 aromatic carbocycles. The number of hydrogen-bond donors (Lipinski definition) is 1. The molecule has 3 heteroatoms. The van der Waals surface area contributed by atoms with Crippen LogP contribution in [0, 0.1) is 0 Å². The van der Waals surface area contributed by atoms with E-state index in [0.29, 0.717) is 6.42 Å². The van der Waals surface area contributed by atoms with Crippen LogP contribution >= 0.6 is 0 Å². The standard InChI is InChI=1S/C15H14O2S/c16-18(17)10-9-11-7-8-13-4-1-3-12-5-2-6-14(11)15(12)13/h1-8,11,18H,9-10H2. The predicted octanol–water partition coefficient (Wildman–Crippen LogP) is 2.95. The summed E-state index contributed by atoms with van der Waals surface area (Å²) in [6, 6.07) is 12.5. The first-order chi connectivity index (χ1) is 8.75. The van der Waals surface area contributed by atoms with Gasteiger partial charge in [-0.25, -0.2) is 8.42 Å². The monoisotopic (exact) mass is 258 g/mol. The third kappa shape index (κ3) is 1.95. The van der Waals surface area contributed by atoms with Crippen LogP contribution in [-0.4, -0.2) is 14.2 Å². The Hall–Kier alpha value is -1.61. The van der Waals surface area contributed by atoms with E-state index in [9.17, 15) is 8.42 Å². The van der Waals surface area contributed by atoms with Crippen LogP contribution in [0.5, 0.6) is 0 Å². The lowest BCUT2D eigenvalue weighted by Gasteiger charge is -2.20. The quantitative estimate of drug-likeness (QED) is 0.859. The summed E-state index contributed by atoms with van der Waals surface area (Å²) < 4.78 is 21.5. The smallest absolute Gasteiger partial charge is 0.140 e. The molecule has 18 heavy (non-hydrogen) atoms. The summed E-state index contributed by atoms with van der Waals surface area (Å²) in [7, 11) is -2.29. The van der Waals surface area contributed by atoms with E-state index < -0.39 is 10.7 Å². The van der Waals surface area contributed by atoms with Gasteiger partial charge in [-0.3, -0.25) is 0 Å². The van der Waals surface area contributed by atoms with Gasteiger partial charge < -0.3 is 0 Å². The fourth-order valence-electron chi connectivity index (χ4n) is 2.67. The number of thiol groups is 1. The van der Waals surface area contributed by atoms with E-state index in [1.165, 1.54) is 21.9 Å². The van der Waals surface area contributed by atoms with Gasteiger partial charge in [0.15, 0.2) is 0 Å². The summed E-state index contributed by atoms with van der Waals surface area (Å²) in [4.78, 5) is 0. The fraction of sp³-hybridized carbons (Fsp3) is 0.200. The van der Waals surface area contributed by atoms with Crippen LogP contribution < -0.4 is 0 Å². The topological polar surface area (TPSA) is 34.1 Å². The van der Waals surface area contributed by atoms with E-state index >= 15 is 0 Å². The Morgan fingerprint density at radius 3 is 2.61 bits per heavy atom. The van der Waals surface area contributed by atoms with Crippen LogP contribution in [0.15, 0.2) is 42.5 Å². The van der Waals surface area contributed by atoms with Crippen molar-refractivity contribution in [2.24, 2.45) is 0 Å². The van der Waals surface area contributed by atoms with Gasteiger partial charge in [0, 0.05) is 11.7 Å². The fourth-order valence-corrected chi connectivity index (χ4v) is 3.16. The van der Waals surface area contributed by atoms with Gasteiger partial charge in [-0.1, -0.05) is 48.6 Å².